The van der Waals surface area contributed by atoms with Gasteiger partial charge in [0.15, 0.2) is 11.5 Å². The number of ether oxygens (including phenoxy) is 3. The van der Waals surface area contributed by atoms with Crippen LogP contribution >= 0.6 is 0 Å². The molecule has 1 aliphatic heterocycles. The molecule has 10 nitrogen and oxygen atoms in total. The van der Waals surface area contributed by atoms with E-state index in [1.165, 1.54) is 44.4 Å². The second-order valence-electron chi connectivity index (χ2n) is 9.70. The first-order valence-electron chi connectivity index (χ1n) is 12.5. The number of primary amides is 1. The van der Waals surface area contributed by atoms with E-state index in [9.17, 15) is 32.3 Å². The van der Waals surface area contributed by atoms with Gasteiger partial charge in [-0.15, -0.1) is 0 Å². The van der Waals surface area contributed by atoms with Gasteiger partial charge in [0.1, 0.15) is 35.9 Å². The largest absolute Gasteiger partial charge is 0.493 e. The number of halogens is 4. The van der Waals surface area contributed by atoms with Crippen molar-refractivity contribution in [1.82, 2.24) is 10.3 Å². The van der Waals surface area contributed by atoms with Gasteiger partial charge in [-0.3, -0.25) is 9.59 Å². The lowest BCUT2D eigenvalue weighted by Gasteiger charge is -2.31. The lowest BCUT2D eigenvalue weighted by molar-refractivity contribution is -0.265. The van der Waals surface area contributed by atoms with Gasteiger partial charge in [0.25, 0.3) is 5.91 Å². The number of benzene rings is 2. The van der Waals surface area contributed by atoms with Crippen LogP contribution in [0, 0.1) is 5.82 Å². The molecule has 14 heteroatoms. The third kappa shape index (κ3) is 5.54. The number of rotatable bonds is 10. The summed E-state index contributed by atoms with van der Waals surface area (Å²) in [5.41, 5.74) is -0.927. The Labute approximate surface area is 237 Å². The van der Waals surface area contributed by atoms with E-state index in [0.29, 0.717) is 0 Å². The van der Waals surface area contributed by atoms with Crippen LogP contribution in [0.15, 0.2) is 48.5 Å². The van der Waals surface area contributed by atoms with Crippen molar-refractivity contribution in [2.45, 2.75) is 24.1 Å². The van der Waals surface area contributed by atoms with Crippen LogP contribution in [0.4, 0.5) is 17.6 Å². The molecule has 0 saturated carbocycles. The minimum Gasteiger partial charge on any atom is -0.493 e. The van der Waals surface area contributed by atoms with Crippen molar-refractivity contribution in [3.05, 3.63) is 71.2 Å². The summed E-state index contributed by atoms with van der Waals surface area (Å²) in [5.74, 6) is -2.28. The van der Waals surface area contributed by atoms with Crippen molar-refractivity contribution in [2.24, 2.45) is 5.73 Å². The summed E-state index contributed by atoms with van der Waals surface area (Å²) < 4.78 is 73.3. The average molecular weight is 594 g/mol. The lowest BCUT2D eigenvalue weighted by Crippen LogP contribution is -2.51. The number of carbonyl (C=O) groups excluding carboxylic acids is 2. The van der Waals surface area contributed by atoms with Crippen molar-refractivity contribution in [2.75, 3.05) is 33.5 Å². The monoisotopic (exact) mass is 593 g/mol. The molecule has 1 aliphatic rings. The fourth-order valence-electron chi connectivity index (χ4n) is 4.33. The Bertz CT molecular complexity index is 1500. The zero-order chi connectivity index (χ0) is 30.9. The highest BCUT2D eigenvalue weighted by Crippen LogP contribution is 2.47. The summed E-state index contributed by atoms with van der Waals surface area (Å²) in [6, 6.07) is 9.29. The smallest absolute Gasteiger partial charge is 0.424 e. The standard InChI is InChI=1S/C28H27F4N3O7/c1-26(25(33)38)14-42-23-18(26)12-21(35-22(23)15-3-6-17(29)7-4-15)27(39,28(30,31)32)13-34-24(37)16-5-8-19(41-10-9-36)20(11-16)40-2/h3-8,11-12,36,39H,9-10,13-14H2,1-2H3,(H2,33,38)(H,34,37)/t26-,27?/m0/s1. The summed E-state index contributed by atoms with van der Waals surface area (Å²) in [6.45, 7) is -0.657. The Morgan fingerprint density at radius 1 is 1.14 bits per heavy atom. The van der Waals surface area contributed by atoms with Gasteiger partial charge in [-0.2, -0.15) is 13.2 Å². The summed E-state index contributed by atoms with van der Waals surface area (Å²) in [6.07, 6.45) is -5.37. The number of aliphatic hydroxyl groups is 2. The zero-order valence-electron chi connectivity index (χ0n) is 22.4. The van der Waals surface area contributed by atoms with E-state index in [1.54, 1.807) is 0 Å². The quantitative estimate of drug-likeness (QED) is 0.262. The molecule has 0 aliphatic carbocycles. The number of hydrogen-bond donors (Lipinski definition) is 4. The number of hydrogen-bond acceptors (Lipinski definition) is 8. The maximum atomic E-state index is 14.6. The van der Waals surface area contributed by atoms with Crippen LogP contribution in [-0.2, 0) is 15.8 Å². The minimum atomic E-state index is -5.37. The first-order chi connectivity index (χ1) is 19.7. The highest BCUT2D eigenvalue weighted by Gasteiger charge is 2.57. The first kappa shape index (κ1) is 30.5. The van der Waals surface area contributed by atoms with Crippen molar-refractivity contribution in [1.29, 1.82) is 0 Å². The molecular weight excluding hydrogens is 566 g/mol. The maximum absolute atomic E-state index is 14.6. The highest BCUT2D eigenvalue weighted by atomic mass is 19.4. The predicted octanol–water partition coefficient (Wildman–Crippen LogP) is 2.58. The Morgan fingerprint density at radius 3 is 2.43 bits per heavy atom. The van der Waals surface area contributed by atoms with Gasteiger partial charge in [0.2, 0.25) is 11.5 Å². The number of fused-ring (bicyclic) bond motifs is 1. The number of methoxy groups -OCH3 is 1. The molecule has 0 spiro atoms. The molecule has 2 atom stereocenters. The fraction of sp³-hybridized carbons (Fsp3) is 0.321. The number of pyridine rings is 1. The molecule has 0 bridgehead atoms. The van der Waals surface area contributed by atoms with Gasteiger partial charge in [-0.25, -0.2) is 9.37 Å². The molecule has 4 rings (SSSR count). The number of nitrogens with one attached hydrogen (secondary N) is 1. The van der Waals surface area contributed by atoms with Crippen LogP contribution in [0.5, 0.6) is 17.2 Å². The molecule has 1 aromatic heterocycles. The molecule has 0 saturated heterocycles. The Morgan fingerprint density at radius 2 is 1.83 bits per heavy atom. The van der Waals surface area contributed by atoms with Crippen LogP contribution in [0.1, 0.15) is 28.5 Å². The van der Waals surface area contributed by atoms with Gasteiger partial charge in [0.05, 0.1) is 26.0 Å². The molecule has 1 unspecified atom stereocenters. The van der Waals surface area contributed by atoms with Crippen molar-refractivity contribution >= 4 is 11.8 Å². The predicted molar refractivity (Wildman–Crippen MR) is 140 cm³/mol. The molecule has 5 N–H and O–H groups in total. The van der Waals surface area contributed by atoms with Crippen LogP contribution < -0.4 is 25.3 Å². The Kier molecular flexibility index (Phi) is 8.32. The van der Waals surface area contributed by atoms with E-state index in [4.69, 9.17) is 25.1 Å². The van der Waals surface area contributed by atoms with E-state index in [-0.39, 0.29) is 59.5 Å². The number of nitrogens with zero attached hydrogens (tertiary/aromatic N) is 1. The van der Waals surface area contributed by atoms with E-state index < -0.39 is 47.1 Å². The van der Waals surface area contributed by atoms with Gasteiger partial charge in [0, 0.05) is 16.7 Å². The van der Waals surface area contributed by atoms with Gasteiger partial charge in [-0.05, 0) is 55.5 Å². The lowest BCUT2D eigenvalue weighted by atomic mass is 9.81. The van der Waals surface area contributed by atoms with Crippen molar-refractivity contribution in [3.63, 3.8) is 0 Å². The molecule has 0 fully saturated rings. The van der Waals surface area contributed by atoms with Crippen LogP contribution in [0.2, 0.25) is 0 Å². The van der Waals surface area contributed by atoms with E-state index >= 15 is 0 Å². The molecular formula is C28H27F4N3O7. The number of amides is 2. The molecule has 0 radical (unpaired) electrons. The van der Waals surface area contributed by atoms with E-state index in [1.807, 2.05) is 0 Å². The Balaban J connectivity index is 1.76. The van der Waals surface area contributed by atoms with Crippen LogP contribution in [0.3, 0.4) is 0 Å². The number of nitrogens with two attached hydrogens (primary N) is 1. The average Bonchev–Trinajstić information content (AvgIpc) is 3.31. The normalized spacial score (nSPS) is 17.5. The number of carbonyl (C=O) groups is 2. The summed E-state index contributed by atoms with van der Waals surface area (Å²) in [7, 11) is 1.28. The van der Waals surface area contributed by atoms with Gasteiger partial charge >= 0.3 is 6.18 Å². The van der Waals surface area contributed by atoms with E-state index in [0.717, 1.165) is 18.2 Å². The second kappa shape index (κ2) is 11.4. The second-order valence-corrected chi connectivity index (χ2v) is 9.70. The van der Waals surface area contributed by atoms with Gasteiger partial charge < -0.3 is 35.5 Å². The van der Waals surface area contributed by atoms with Crippen LogP contribution in [0.25, 0.3) is 11.3 Å². The molecule has 42 heavy (non-hydrogen) atoms. The number of aromatic nitrogens is 1. The molecule has 2 heterocycles. The third-order valence-electron chi connectivity index (χ3n) is 6.91. The topological polar surface area (TPSA) is 153 Å². The zero-order valence-corrected chi connectivity index (χ0v) is 22.4. The Hall–Kier alpha value is -4.43. The molecule has 2 amide bonds. The fourth-order valence-corrected chi connectivity index (χ4v) is 4.33. The summed E-state index contributed by atoms with van der Waals surface area (Å²) >= 11 is 0. The number of aliphatic hydroxyl groups excluding tert-OH is 1. The summed E-state index contributed by atoms with van der Waals surface area (Å²) in [5, 5.41) is 22.1. The number of alkyl halides is 3. The SMILES string of the molecule is COc1cc(C(=O)NCC(O)(c2cc3c(c(-c4ccc(F)cc4)n2)OC[C@]3(C)C(N)=O)C(F)(F)F)ccc1OCCO. The van der Waals surface area contributed by atoms with Crippen LogP contribution in [-0.4, -0.2) is 66.7 Å². The van der Waals surface area contributed by atoms with E-state index in [2.05, 4.69) is 10.3 Å². The van der Waals surface area contributed by atoms with Gasteiger partial charge in [-0.1, -0.05) is 0 Å². The molecule has 2 aromatic carbocycles. The van der Waals surface area contributed by atoms with Crippen molar-refractivity contribution in [3.8, 4) is 28.5 Å². The minimum absolute atomic E-state index is 0.0455. The third-order valence-corrected chi connectivity index (χ3v) is 6.91. The first-order valence-corrected chi connectivity index (χ1v) is 12.5. The molecule has 3 aromatic rings. The highest BCUT2D eigenvalue weighted by molar-refractivity contribution is 5.95. The molecule has 224 valence electrons. The van der Waals surface area contributed by atoms with Crippen molar-refractivity contribution < 1.29 is 51.6 Å². The summed E-state index contributed by atoms with van der Waals surface area (Å²) in [4.78, 5) is 29.3. The maximum Gasteiger partial charge on any atom is 0.424 e.